The number of aliphatic carboxylic acids is 1. The smallest absolute Gasteiger partial charge is 0.306 e. The van der Waals surface area contributed by atoms with Crippen molar-refractivity contribution in [1.82, 2.24) is 5.32 Å². The molecule has 1 aliphatic rings. The lowest BCUT2D eigenvalue weighted by Gasteiger charge is -2.27. The Bertz CT molecular complexity index is 267. The third-order valence-corrected chi connectivity index (χ3v) is 2.97. The first-order chi connectivity index (χ1) is 8.13. The monoisotopic (exact) mass is 243 g/mol. The number of hydrogen-bond acceptors (Lipinski definition) is 3. The molecule has 1 amide bonds. The Hall–Kier alpha value is -1.10. The standard InChI is InChI=1S/C12H21NO4/c1-2-6-17-8-11(14)13-10-5-3-4-9(7-10)12(15)16/h9-10H,2-8H2,1H3,(H,13,14)(H,15,16). The van der Waals surface area contributed by atoms with Crippen molar-refractivity contribution < 1.29 is 19.4 Å². The molecule has 1 aliphatic carbocycles. The van der Waals surface area contributed by atoms with Crippen LogP contribution in [0.2, 0.25) is 0 Å². The summed E-state index contributed by atoms with van der Waals surface area (Å²) in [5.41, 5.74) is 0. The minimum absolute atomic E-state index is 0.0115. The Balaban J connectivity index is 2.26. The van der Waals surface area contributed by atoms with Gasteiger partial charge in [-0.1, -0.05) is 13.3 Å². The van der Waals surface area contributed by atoms with Crippen LogP contribution in [0.15, 0.2) is 0 Å². The van der Waals surface area contributed by atoms with Gasteiger partial charge in [0, 0.05) is 12.6 Å². The fourth-order valence-electron chi connectivity index (χ4n) is 2.12. The number of carbonyl (C=O) groups excluding carboxylic acids is 1. The SMILES string of the molecule is CCCOCC(=O)NC1CCCC(C(=O)O)C1. The zero-order valence-electron chi connectivity index (χ0n) is 10.3. The van der Waals surface area contributed by atoms with Crippen molar-refractivity contribution in [1.29, 1.82) is 0 Å². The molecule has 0 bridgehead atoms. The van der Waals surface area contributed by atoms with Crippen molar-refractivity contribution in [3.8, 4) is 0 Å². The van der Waals surface area contributed by atoms with Crippen LogP contribution < -0.4 is 5.32 Å². The largest absolute Gasteiger partial charge is 0.481 e. The van der Waals surface area contributed by atoms with Crippen LogP contribution >= 0.6 is 0 Å². The summed E-state index contributed by atoms with van der Waals surface area (Å²) >= 11 is 0. The van der Waals surface area contributed by atoms with Gasteiger partial charge in [0.05, 0.1) is 5.92 Å². The van der Waals surface area contributed by atoms with Crippen molar-refractivity contribution in [2.45, 2.75) is 45.1 Å². The first-order valence-corrected chi connectivity index (χ1v) is 6.23. The van der Waals surface area contributed by atoms with E-state index in [1.807, 2.05) is 6.92 Å². The van der Waals surface area contributed by atoms with Crippen LogP contribution in [0.25, 0.3) is 0 Å². The van der Waals surface area contributed by atoms with Crippen LogP contribution in [0.1, 0.15) is 39.0 Å². The fourth-order valence-corrected chi connectivity index (χ4v) is 2.12. The van der Waals surface area contributed by atoms with Gasteiger partial charge in [0.25, 0.3) is 0 Å². The van der Waals surface area contributed by atoms with Crippen LogP contribution in [0, 0.1) is 5.92 Å². The zero-order valence-corrected chi connectivity index (χ0v) is 10.3. The molecule has 5 nitrogen and oxygen atoms in total. The van der Waals surface area contributed by atoms with E-state index in [4.69, 9.17) is 9.84 Å². The number of nitrogens with one attached hydrogen (secondary N) is 1. The van der Waals surface area contributed by atoms with Gasteiger partial charge in [-0.05, 0) is 25.7 Å². The predicted octanol–water partition coefficient (Wildman–Crippen LogP) is 1.17. The van der Waals surface area contributed by atoms with Gasteiger partial charge in [-0.15, -0.1) is 0 Å². The van der Waals surface area contributed by atoms with Crippen molar-refractivity contribution in [2.75, 3.05) is 13.2 Å². The van der Waals surface area contributed by atoms with Crippen LogP contribution in [0.3, 0.4) is 0 Å². The molecule has 1 fully saturated rings. The van der Waals surface area contributed by atoms with Gasteiger partial charge in [0.1, 0.15) is 6.61 Å². The summed E-state index contributed by atoms with van der Waals surface area (Å²) < 4.78 is 5.13. The topological polar surface area (TPSA) is 75.6 Å². The Labute approximate surface area is 102 Å². The van der Waals surface area contributed by atoms with E-state index in [9.17, 15) is 9.59 Å². The maximum atomic E-state index is 11.5. The van der Waals surface area contributed by atoms with Crippen molar-refractivity contribution in [2.24, 2.45) is 5.92 Å². The first-order valence-electron chi connectivity index (χ1n) is 6.23. The van der Waals surface area contributed by atoms with Crippen LogP contribution in [-0.4, -0.2) is 36.2 Å². The number of hydrogen-bond donors (Lipinski definition) is 2. The molecule has 0 aromatic rings. The van der Waals surface area contributed by atoms with E-state index < -0.39 is 5.97 Å². The molecule has 1 saturated carbocycles. The molecule has 2 atom stereocenters. The lowest BCUT2D eigenvalue weighted by atomic mass is 9.86. The zero-order chi connectivity index (χ0) is 12.7. The van der Waals surface area contributed by atoms with E-state index in [-0.39, 0.29) is 24.5 Å². The number of amides is 1. The molecule has 0 spiro atoms. The molecule has 0 saturated heterocycles. The average Bonchev–Trinajstić information content (AvgIpc) is 2.29. The summed E-state index contributed by atoms with van der Waals surface area (Å²) in [6.45, 7) is 2.63. The lowest BCUT2D eigenvalue weighted by Crippen LogP contribution is -2.41. The van der Waals surface area contributed by atoms with E-state index in [1.165, 1.54) is 0 Å². The van der Waals surface area contributed by atoms with Gasteiger partial charge in [-0.2, -0.15) is 0 Å². The summed E-state index contributed by atoms with van der Waals surface area (Å²) in [6, 6.07) is -0.0115. The van der Waals surface area contributed by atoms with Crippen molar-refractivity contribution in [3.05, 3.63) is 0 Å². The predicted molar refractivity (Wildman–Crippen MR) is 62.6 cm³/mol. The molecule has 0 aromatic carbocycles. The highest BCUT2D eigenvalue weighted by Crippen LogP contribution is 2.24. The second-order valence-corrected chi connectivity index (χ2v) is 4.52. The second-order valence-electron chi connectivity index (χ2n) is 4.52. The van der Waals surface area contributed by atoms with Gasteiger partial charge in [0.2, 0.25) is 5.91 Å². The number of rotatable bonds is 6. The molecule has 2 unspecified atom stereocenters. The quantitative estimate of drug-likeness (QED) is 0.687. The van der Waals surface area contributed by atoms with Crippen LogP contribution in [0.5, 0.6) is 0 Å². The highest BCUT2D eigenvalue weighted by Gasteiger charge is 2.27. The Morgan fingerprint density at radius 3 is 2.82 bits per heavy atom. The van der Waals surface area contributed by atoms with Crippen LogP contribution in [0.4, 0.5) is 0 Å². The summed E-state index contributed by atoms with van der Waals surface area (Å²) in [5.74, 6) is -1.22. The summed E-state index contributed by atoms with van der Waals surface area (Å²) in [7, 11) is 0. The molecule has 0 radical (unpaired) electrons. The van der Waals surface area contributed by atoms with Crippen LogP contribution in [-0.2, 0) is 14.3 Å². The van der Waals surface area contributed by atoms with E-state index in [0.717, 1.165) is 19.3 Å². The number of carboxylic acid groups (broad SMARTS) is 1. The molecule has 17 heavy (non-hydrogen) atoms. The third-order valence-electron chi connectivity index (χ3n) is 2.97. The highest BCUT2D eigenvalue weighted by molar-refractivity contribution is 5.77. The van der Waals surface area contributed by atoms with Gasteiger partial charge < -0.3 is 15.2 Å². The minimum atomic E-state index is -0.758. The molecule has 98 valence electrons. The van der Waals surface area contributed by atoms with E-state index >= 15 is 0 Å². The maximum absolute atomic E-state index is 11.5. The molecular formula is C12H21NO4. The van der Waals surface area contributed by atoms with Gasteiger partial charge in [0.15, 0.2) is 0 Å². The molecule has 0 aliphatic heterocycles. The van der Waals surface area contributed by atoms with E-state index in [1.54, 1.807) is 0 Å². The highest BCUT2D eigenvalue weighted by atomic mass is 16.5. The molecule has 1 rings (SSSR count). The summed E-state index contributed by atoms with van der Waals surface area (Å²) in [6.07, 6.45) is 3.86. The molecule has 0 heterocycles. The maximum Gasteiger partial charge on any atom is 0.306 e. The number of carbonyl (C=O) groups is 2. The first kappa shape index (κ1) is 14.0. The summed E-state index contributed by atoms with van der Waals surface area (Å²) in [4.78, 5) is 22.3. The normalized spacial score (nSPS) is 24.3. The van der Waals surface area contributed by atoms with Gasteiger partial charge in [-0.3, -0.25) is 9.59 Å². The summed E-state index contributed by atoms with van der Waals surface area (Å²) in [5, 5.41) is 11.8. The Kier molecular flexibility index (Phi) is 5.97. The number of ether oxygens (including phenoxy) is 1. The third kappa shape index (κ3) is 5.17. The second kappa shape index (κ2) is 7.27. The number of carboxylic acids is 1. The Morgan fingerprint density at radius 1 is 1.41 bits per heavy atom. The molecular weight excluding hydrogens is 222 g/mol. The Morgan fingerprint density at radius 2 is 2.18 bits per heavy atom. The van der Waals surface area contributed by atoms with Crippen molar-refractivity contribution >= 4 is 11.9 Å². The van der Waals surface area contributed by atoms with Gasteiger partial charge >= 0.3 is 5.97 Å². The van der Waals surface area contributed by atoms with E-state index in [2.05, 4.69) is 5.32 Å². The average molecular weight is 243 g/mol. The lowest BCUT2D eigenvalue weighted by molar-refractivity contribution is -0.143. The minimum Gasteiger partial charge on any atom is -0.481 e. The van der Waals surface area contributed by atoms with Crippen molar-refractivity contribution in [3.63, 3.8) is 0 Å². The molecule has 0 aromatic heterocycles. The van der Waals surface area contributed by atoms with Gasteiger partial charge in [-0.25, -0.2) is 0 Å². The van der Waals surface area contributed by atoms with E-state index in [0.29, 0.717) is 19.4 Å². The molecule has 2 N–H and O–H groups in total. The molecule has 5 heteroatoms. The fraction of sp³-hybridized carbons (Fsp3) is 0.833.